The molecule has 2 saturated heterocycles. The number of carbonyl (C=O) groups is 1. The van der Waals surface area contributed by atoms with Crippen molar-refractivity contribution in [2.24, 2.45) is 5.92 Å². The summed E-state index contributed by atoms with van der Waals surface area (Å²) in [6, 6.07) is 16.8. The Hall–Kier alpha value is -2.37. The number of nitrogens with zero attached hydrogens (tertiary/aromatic N) is 2. The van der Waals surface area contributed by atoms with Gasteiger partial charge in [-0.3, -0.25) is 4.79 Å². The zero-order valence-electron chi connectivity index (χ0n) is 16.8. The molecule has 0 unspecified atom stereocenters. The number of hydrogen-bond acceptors (Lipinski definition) is 4. The van der Waals surface area contributed by atoms with Crippen LogP contribution in [0.1, 0.15) is 34.3 Å². The second-order valence-corrected chi connectivity index (χ2v) is 8.23. The highest BCUT2D eigenvalue weighted by Gasteiger charge is 2.32. The van der Waals surface area contributed by atoms with E-state index in [1.807, 2.05) is 17.0 Å². The van der Waals surface area contributed by atoms with Crippen LogP contribution in [0, 0.1) is 5.92 Å². The van der Waals surface area contributed by atoms with E-state index < -0.39 is 0 Å². The number of ether oxygens (including phenoxy) is 2. The van der Waals surface area contributed by atoms with E-state index in [1.165, 1.54) is 16.8 Å². The van der Waals surface area contributed by atoms with Crippen LogP contribution in [0.3, 0.4) is 0 Å². The lowest BCUT2D eigenvalue weighted by atomic mass is 9.95. The van der Waals surface area contributed by atoms with Crippen LogP contribution in [0.25, 0.3) is 0 Å². The van der Waals surface area contributed by atoms with Gasteiger partial charge in [-0.15, -0.1) is 0 Å². The van der Waals surface area contributed by atoms with Crippen molar-refractivity contribution in [3.05, 3.63) is 65.2 Å². The molecule has 5 nitrogen and oxygen atoms in total. The first-order chi connectivity index (χ1) is 14.3. The van der Waals surface area contributed by atoms with E-state index in [2.05, 4.69) is 41.3 Å². The first-order valence-electron chi connectivity index (χ1n) is 10.7. The van der Waals surface area contributed by atoms with Crippen molar-refractivity contribution < 1.29 is 14.3 Å². The molecule has 3 aliphatic rings. The number of amides is 1. The average Bonchev–Trinajstić information content (AvgIpc) is 3.33. The summed E-state index contributed by atoms with van der Waals surface area (Å²) in [7, 11) is 0. The Morgan fingerprint density at radius 2 is 1.55 bits per heavy atom. The Balaban J connectivity index is 1.20. The van der Waals surface area contributed by atoms with Crippen LogP contribution in [-0.4, -0.2) is 49.9 Å². The van der Waals surface area contributed by atoms with E-state index in [9.17, 15) is 4.79 Å². The van der Waals surface area contributed by atoms with Crippen LogP contribution < -0.4 is 4.90 Å². The van der Waals surface area contributed by atoms with E-state index >= 15 is 0 Å². The summed E-state index contributed by atoms with van der Waals surface area (Å²) in [4.78, 5) is 17.3. The molecule has 0 spiro atoms. The van der Waals surface area contributed by atoms with Gasteiger partial charge in [-0.2, -0.15) is 0 Å². The largest absolute Gasteiger partial charge is 0.367 e. The van der Waals surface area contributed by atoms with Crippen molar-refractivity contribution in [2.45, 2.75) is 32.1 Å². The number of rotatable bonds is 3. The SMILES string of the molecule is O=C(c1ccc(N2CCc3ccccc3C2)cc1)N1CCC(C2OCCO2)CC1. The number of anilines is 1. The van der Waals surface area contributed by atoms with Crippen molar-refractivity contribution in [1.29, 1.82) is 0 Å². The minimum atomic E-state index is -0.0683. The fraction of sp³-hybridized carbons (Fsp3) is 0.458. The highest BCUT2D eigenvalue weighted by Crippen LogP contribution is 2.28. The highest BCUT2D eigenvalue weighted by molar-refractivity contribution is 5.94. The molecule has 0 aliphatic carbocycles. The molecule has 3 heterocycles. The van der Waals surface area contributed by atoms with Crippen molar-refractivity contribution in [1.82, 2.24) is 4.90 Å². The maximum Gasteiger partial charge on any atom is 0.253 e. The third-order valence-corrected chi connectivity index (χ3v) is 6.47. The first-order valence-corrected chi connectivity index (χ1v) is 10.7. The van der Waals surface area contributed by atoms with Gasteiger partial charge in [0.15, 0.2) is 6.29 Å². The van der Waals surface area contributed by atoms with Crippen LogP contribution in [0.2, 0.25) is 0 Å². The minimum Gasteiger partial charge on any atom is -0.367 e. The lowest BCUT2D eigenvalue weighted by Gasteiger charge is -2.34. The Morgan fingerprint density at radius 3 is 2.28 bits per heavy atom. The van der Waals surface area contributed by atoms with Gasteiger partial charge in [0.2, 0.25) is 0 Å². The minimum absolute atomic E-state index is 0.0683. The third-order valence-electron chi connectivity index (χ3n) is 6.47. The molecule has 1 amide bonds. The van der Waals surface area contributed by atoms with Crippen molar-refractivity contribution in [3.8, 4) is 0 Å². The number of likely N-dealkylation sites (tertiary alicyclic amines) is 1. The molecule has 3 aliphatic heterocycles. The number of fused-ring (bicyclic) bond motifs is 1. The second kappa shape index (κ2) is 8.17. The molecule has 29 heavy (non-hydrogen) atoms. The zero-order valence-corrected chi connectivity index (χ0v) is 16.8. The van der Waals surface area contributed by atoms with Crippen LogP contribution in [0.15, 0.2) is 48.5 Å². The lowest BCUT2D eigenvalue weighted by Crippen LogP contribution is -2.41. The monoisotopic (exact) mass is 392 g/mol. The number of piperidine rings is 1. The van der Waals surface area contributed by atoms with E-state index in [4.69, 9.17) is 9.47 Å². The molecular formula is C24H28N2O3. The molecule has 0 radical (unpaired) electrons. The quantitative estimate of drug-likeness (QED) is 0.802. The van der Waals surface area contributed by atoms with Crippen molar-refractivity contribution >= 4 is 11.6 Å². The molecule has 5 rings (SSSR count). The van der Waals surface area contributed by atoms with Crippen LogP contribution >= 0.6 is 0 Å². The predicted octanol–water partition coefficient (Wildman–Crippen LogP) is 3.47. The second-order valence-electron chi connectivity index (χ2n) is 8.23. The Bertz CT molecular complexity index is 853. The fourth-order valence-electron chi connectivity index (χ4n) is 4.74. The normalized spacial score (nSPS) is 20.7. The van der Waals surface area contributed by atoms with E-state index in [0.29, 0.717) is 19.1 Å². The Labute approximate surface area is 172 Å². The van der Waals surface area contributed by atoms with E-state index in [1.54, 1.807) is 0 Å². The maximum absolute atomic E-state index is 12.9. The molecule has 0 bridgehead atoms. The molecule has 2 aromatic carbocycles. The number of benzene rings is 2. The van der Waals surface area contributed by atoms with Gasteiger partial charge in [-0.25, -0.2) is 0 Å². The van der Waals surface area contributed by atoms with Crippen molar-refractivity contribution in [3.63, 3.8) is 0 Å². The standard InChI is InChI=1S/C24H28N2O3/c27-23(25-12-10-20(11-13-25)24-28-15-16-29-24)19-5-7-22(8-6-19)26-14-9-18-3-1-2-4-21(18)17-26/h1-8,20,24H,9-17H2. The topological polar surface area (TPSA) is 42.0 Å². The maximum atomic E-state index is 12.9. The molecule has 0 N–H and O–H groups in total. The Morgan fingerprint density at radius 1 is 0.862 bits per heavy atom. The molecular weight excluding hydrogens is 364 g/mol. The highest BCUT2D eigenvalue weighted by atomic mass is 16.7. The molecule has 5 heteroatoms. The summed E-state index contributed by atoms with van der Waals surface area (Å²) in [5.41, 5.74) is 4.81. The summed E-state index contributed by atoms with van der Waals surface area (Å²) < 4.78 is 11.3. The van der Waals surface area contributed by atoms with Crippen LogP contribution in [0.5, 0.6) is 0 Å². The summed E-state index contributed by atoms with van der Waals surface area (Å²) in [6.07, 6.45) is 2.89. The smallest absolute Gasteiger partial charge is 0.253 e. The van der Waals surface area contributed by atoms with Gasteiger partial charge in [-0.1, -0.05) is 24.3 Å². The molecule has 2 fully saturated rings. The van der Waals surface area contributed by atoms with Crippen LogP contribution in [0.4, 0.5) is 5.69 Å². The summed E-state index contributed by atoms with van der Waals surface area (Å²) in [5.74, 6) is 0.540. The van der Waals surface area contributed by atoms with Crippen molar-refractivity contribution in [2.75, 3.05) is 37.7 Å². The van der Waals surface area contributed by atoms with Gasteiger partial charge in [0.1, 0.15) is 0 Å². The number of hydrogen-bond donors (Lipinski definition) is 0. The zero-order chi connectivity index (χ0) is 19.6. The fourth-order valence-corrected chi connectivity index (χ4v) is 4.74. The van der Waals surface area contributed by atoms with Gasteiger partial charge >= 0.3 is 0 Å². The summed E-state index contributed by atoms with van der Waals surface area (Å²) in [5, 5.41) is 0. The number of carbonyl (C=O) groups excluding carboxylic acids is 1. The van der Waals surface area contributed by atoms with Gasteiger partial charge < -0.3 is 19.3 Å². The summed E-state index contributed by atoms with van der Waals surface area (Å²) in [6.45, 7) is 4.89. The van der Waals surface area contributed by atoms with Gasteiger partial charge in [-0.05, 0) is 54.7 Å². The van der Waals surface area contributed by atoms with Gasteiger partial charge in [0, 0.05) is 43.3 Å². The molecule has 0 aromatic heterocycles. The average molecular weight is 392 g/mol. The van der Waals surface area contributed by atoms with Crippen LogP contribution in [-0.2, 0) is 22.4 Å². The molecule has 152 valence electrons. The van der Waals surface area contributed by atoms with E-state index in [0.717, 1.165) is 51.0 Å². The summed E-state index contributed by atoms with van der Waals surface area (Å²) >= 11 is 0. The van der Waals surface area contributed by atoms with E-state index in [-0.39, 0.29) is 12.2 Å². The van der Waals surface area contributed by atoms with Gasteiger partial charge in [0.05, 0.1) is 13.2 Å². The predicted molar refractivity (Wildman–Crippen MR) is 112 cm³/mol. The first kappa shape index (κ1) is 18.6. The van der Waals surface area contributed by atoms with Gasteiger partial charge in [0.25, 0.3) is 5.91 Å². The molecule has 0 atom stereocenters. The molecule has 0 saturated carbocycles. The molecule has 2 aromatic rings. The Kier molecular flexibility index (Phi) is 5.25. The lowest BCUT2D eigenvalue weighted by molar-refractivity contribution is -0.0956. The third kappa shape index (κ3) is 3.89.